The summed E-state index contributed by atoms with van der Waals surface area (Å²) in [5.41, 5.74) is 1.80. The molecule has 2 rings (SSSR count). The van der Waals surface area contributed by atoms with Crippen molar-refractivity contribution in [2.75, 3.05) is 7.11 Å². The van der Waals surface area contributed by atoms with Crippen LogP contribution in [0.3, 0.4) is 0 Å². The molecule has 1 aromatic carbocycles. The van der Waals surface area contributed by atoms with Crippen LogP contribution in [0, 0.1) is 12.7 Å². The zero-order valence-corrected chi connectivity index (χ0v) is 11.1. The van der Waals surface area contributed by atoms with Gasteiger partial charge in [0.05, 0.1) is 18.1 Å². The summed E-state index contributed by atoms with van der Waals surface area (Å²) in [5, 5.41) is 12.1. The number of ether oxygens (including phenoxy) is 1. The Morgan fingerprint density at radius 3 is 2.83 bits per heavy atom. The van der Waals surface area contributed by atoms with Crippen LogP contribution in [-0.2, 0) is 6.42 Å². The van der Waals surface area contributed by atoms with Gasteiger partial charge in [0.1, 0.15) is 11.6 Å². The Hall–Kier alpha value is -1.39. The number of aliphatic hydroxyl groups is 1. The minimum atomic E-state index is -0.621. The second-order valence-electron chi connectivity index (χ2n) is 4.14. The van der Waals surface area contributed by atoms with Crippen molar-refractivity contribution < 1.29 is 14.2 Å². The zero-order valence-electron chi connectivity index (χ0n) is 10.3. The molecule has 1 atom stereocenters. The normalized spacial score (nSPS) is 12.4. The number of hydrogen-bond acceptors (Lipinski definition) is 3. The summed E-state index contributed by atoms with van der Waals surface area (Å²) in [4.78, 5) is 0.807. The molecule has 0 aliphatic rings. The third-order valence-corrected chi connectivity index (χ3v) is 3.90. The average molecular weight is 266 g/mol. The largest absolute Gasteiger partial charge is 0.495 e. The Bertz CT molecular complexity index is 536. The Balaban J connectivity index is 2.18. The maximum atomic E-state index is 13.0. The quantitative estimate of drug-likeness (QED) is 0.918. The van der Waals surface area contributed by atoms with E-state index in [-0.39, 0.29) is 5.82 Å². The lowest BCUT2D eigenvalue weighted by atomic mass is 10.0. The van der Waals surface area contributed by atoms with Gasteiger partial charge in [0.2, 0.25) is 0 Å². The monoisotopic (exact) mass is 266 g/mol. The van der Waals surface area contributed by atoms with Crippen molar-refractivity contribution in [2.45, 2.75) is 19.4 Å². The molecular weight excluding hydrogens is 251 g/mol. The van der Waals surface area contributed by atoms with E-state index in [9.17, 15) is 9.50 Å². The summed E-state index contributed by atoms with van der Waals surface area (Å²) in [6.07, 6.45) is -0.160. The molecule has 0 radical (unpaired) electrons. The molecule has 0 spiro atoms. The van der Waals surface area contributed by atoms with Gasteiger partial charge >= 0.3 is 0 Å². The van der Waals surface area contributed by atoms with Gasteiger partial charge in [-0.2, -0.15) is 0 Å². The smallest absolute Gasteiger partial charge is 0.135 e. The zero-order chi connectivity index (χ0) is 13.1. The lowest BCUT2D eigenvalue weighted by molar-refractivity contribution is 0.178. The van der Waals surface area contributed by atoms with E-state index in [1.165, 1.54) is 23.5 Å². The van der Waals surface area contributed by atoms with Gasteiger partial charge in [-0.05, 0) is 41.6 Å². The van der Waals surface area contributed by atoms with Gasteiger partial charge in [0.25, 0.3) is 0 Å². The van der Waals surface area contributed by atoms with Crippen molar-refractivity contribution in [1.29, 1.82) is 0 Å². The number of aliphatic hydroxyl groups excluding tert-OH is 1. The number of halogens is 1. The van der Waals surface area contributed by atoms with Gasteiger partial charge in [-0.15, -0.1) is 11.3 Å². The summed E-state index contributed by atoms with van der Waals surface area (Å²) in [7, 11) is 1.58. The number of hydrogen-bond donors (Lipinski definition) is 1. The molecule has 0 fully saturated rings. The molecule has 0 aliphatic heterocycles. The SMILES string of the molecule is COc1ccsc1C(O)Cc1ccc(F)cc1C. The van der Waals surface area contributed by atoms with Crippen LogP contribution in [0.5, 0.6) is 5.75 Å². The van der Waals surface area contributed by atoms with Crippen molar-refractivity contribution in [2.24, 2.45) is 0 Å². The minimum Gasteiger partial charge on any atom is -0.495 e. The van der Waals surface area contributed by atoms with Crippen LogP contribution in [-0.4, -0.2) is 12.2 Å². The number of thiophene rings is 1. The summed E-state index contributed by atoms with van der Waals surface area (Å²) in [6.45, 7) is 1.84. The van der Waals surface area contributed by atoms with Crippen LogP contribution < -0.4 is 4.74 Å². The molecule has 0 saturated heterocycles. The maximum Gasteiger partial charge on any atom is 0.135 e. The minimum absolute atomic E-state index is 0.251. The second kappa shape index (κ2) is 5.50. The van der Waals surface area contributed by atoms with E-state index in [4.69, 9.17) is 4.74 Å². The molecule has 0 bridgehead atoms. The molecule has 1 N–H and O–H groups in total. The van der Waals surface area contributed by atoms with E-state index in [0.717, 1.165) is 16.0 Å². The van der Waals surface area contributed by atoms with Crippen molar-refractivity contribution in [3.05, 3.63) is 51.5 Å². The summed E-state index contributed by atoms with van der Waals surface area (Å²) < 4.78 is 18.2. The molecule has 0 amide bonds. The first-order valence-electron chi connectivity index (χ1n) is 5.66. The summed E-state index contributed by atoms with van der Waals surface area (Å²) in [5.74, 6) is 0.451. The van der Waals surface area contributed by atoms with Crippen LogP contribution >= 0.6 is 11.3 Å². The molecule has 2 nitrogen and oxygen atoms in total. The van der Waals surface area contributed by atoms with Gasteiger partial charge in [0.15, 0.2) is 0 Å². The van der Waals surface area contributed by atoms with E-state index < -0.39 is 6.10 Å². The number of aryl methyl sites for hydroxylation is 1. The standard InChI is InChI=1S/C14H15FO2S/c1-9-7-11(15)4-3-10(9)8-12(16)14-13(17-2)5-6-18-14/h3-7,12,16H,8H2,1-2H3. The number of rotatable bonds is 4. The lowest BCUT2D eigenvalue weighted by Crippen LogP contribution is -2.03. The van der Waals surface area contributed by atoms with Crippen molar-refractivity contribution >= 4 is 11.3 Å². The van der Waals surface area contributed by atoms with Crippen LogP contribution in [0.1, 0.15) is 22.1 Å². The van der Waals surface area contributed by atoms with Crippen LogP contribution in [0.25, 0.3) is 0 Å². The average Bonchev–Trinajstić information content (AvgIpc) is 2.81. The highest BCUT2D eigenvalue weighted by atomic mass is 32.1. The summed E-state index contributed by atoms with van der Waals surface area (Å²) in [6, 6.07) is 6.45. The Morgan fingerprint density at radius 2 is 2.17 bits per heavy atom. The van der Waals surface area contributed by atoms with Gasteiger partial charge in [-0.1, -0.05) is 6.07 Å². The van der Waals surface area contributed by atoms with Gasteiger partial charge in [0, 0.05) is 6.42 Å². The van der Waals surface area contributed by atoms with Crippen LogP contribution in [0.15, 0.2) is 29.6 Å². The molecule has 0 aliphatic carbocycles. The van der Waals surface area contributed by atoms with Crippen molar-refractivity contribution in [3.63, 3.8) is 0 Å². The molecule has 1 aromatic heterocycles. The fourth-order valence-corrected chi connectivity index (χ4v) is 2.76. The first kappa shape index (κ1) is 13.1. The first-order chi connectivity index (χ1) is 8.61. The second-order valence-corrected chi connectivity index (χ2v) is 5.09. The van der Waals surface area contributed by atoms with Crippen LogP contribution in [0.4, 0.5) is 4.39 Å². The highest BCUT2D eigenvalue weighted by Gasteiger charge is 2.16. The lowest BCUT2D eigenvalue weighted by Gasteiger charge is -2.12. The van der Waals surface area contributed by atoms with E-state index >= 15 is 0 Å². The fourth-order valence-electron chi connectivity index (χ4n) is 1.91. The van der Waals surface area contributed by atoms with Crippen molar-refractivity contribution in [3.8, 4) is 5.75 Å². The third kappa shape index (κ3) is 2.71. The van der Waals surface area contributed by atoms with Gasteiger partial charge < -0.3 is 9.84 Å². The van der Waals surface area contributed by atoms with E-state index in [0.29, 0.717) is 12.2 Å². The number of methoxy groups -OCH3 is 1. The Morgan fingerprint density at radius 1 is 1.39 bits per heavy atom. The molecular formula is C14H15FO2S. The molecule has 1 heterocycles. The number of benzene rings is 1. The molecule has 96 valence electrons. The third-order valence-electron chi connectivity index (χ3n) is 2.90. The summed E-state index contributed by atoms with van der Waals surface area (Å²) >= 11 is 1.46. The molecule has 18 heavy (non-hydrogen) atoms. The fraction of sp³-hybridized carbons (Fsp3) is 0.286. The van der Waals surface area contributed by atoms with E-state index in [1.54, 1.807) is 13.2 Å². The van der Waals surface area contributed by atoms with Crippen molar-refractivity contribution in [1.82, 2.24) is 0 Å². The predicted molar refractivity (Wildman–Crippen MR) is 70.7 cm³/mol. The maximum absolute atomic E-state index is 13.0. The topological polar surface area (TPSA) is 29.5 Å². The molecule has 4 heteroatoms. The first-order valence-corrected chi connectivity index (χ1v) is 6.54. The van der Waals surface area contributed by atoms with E-state index in [1.807, 2.05) is 18.4 Å². The van der Waals surface area contributed by atoms with Gasteiger partial charge in [-0.25, -0.2) is 4.39 Å². The molecule has 0 saturated carbocycles. The predicted octanol–water partition coefficient (Wildman–Crippen LogP) is 3.48. The Labute approximate surface area is 110 Å². The highest BCUT2D eigenvalue weighted by Crippen LogP contribution is 2.33. The molecule has 2 aromatic rings. The highest BCUT2D eigenvalue weighted by molar-refractivity contribution is 7.10. The van der Waals surface area contributed by atoms with Crippen LogP contribution in [0.2, 0.25) is 0 Å². The van der Waals surface area contributed by atoms with E-state index in [2.05, 4.69) is 0 Å². The molecule has 1 unspecified atom stereocenters. The Kier molecular flexibility index (Phi) is 3.99. The van der Waals surface area contributed by atoms with Gasteiger partial charge in [-0.3, -0.25) is 0 Å².